The normalized spacial score (nSPS) is 26.8. The van der Waals surface area contributed by atoms with Crippen molar-refractivity contribution in [3.05, 3.63) is 0 Å². The molecule has 0 spiro atoms. The van der Waals surface area contributed by atoms with Crippen LogP contribution in [0.5, 0.6) is 0 Å². The minimum atomic E-state index is -0.257. The van der Waals surface area contributed by atoms with E-state index in [1.165, 1.54) is 0 Å². The second-order valence-electron chi connectivity index (χ2n) is 3.64. The first-order valence-electron chi connectivity index (χ1n) is 4.79. The van der Waals surface area contributed by atoms with Gasteiger partial charge in [0, 0.05) is 19.5 Å². The third-order valence-electron chi connectivity index (χ3n) is 2.53. The first-order chi connectivity index (χ1) is 6.79. The van der Waals surface area contributed by atoms with Gasteiger partial charge in [-0.15, -0.1) is 6.42 Å². The third-order valence-corrected chi connectivity index (χ3v) is 2.53. The van der Waals surface area contributed by atoms with E-state index in [2.05, 4.69) is 5.92 Å². The first-order valence-corrected chi connectivity index (χ1v) is 4.79. The molecule has 4 nitrogen and oxygen atoms in total. The van der Waals surface area contributed by atoms with Gasteiger partial charge in [0.1, 0.15) is 6.10 Å². The number of nitrogens with zero attached hydrogens (tertiary/aromatic N) is 1. The molecule has 0 aromatic carbocycles. The molecular weight excluding hydrogens is 182 g/mol. The lowest BCUT2D eigenvalue weighted by atomic mass is 10.0. The van der Waals surface area contributed by atoms with E-state index in [0.717, 1.165) is 6.42 Å². The Morgan fingerprint density at radius 2 is 2.36 bits per heavy atom. The van der Waals surface area contributed by atoms with Gasteiger partial charge in [-0.2, -0.15) is 0 Å². The standard InChI is InChI=1S/C10H13NO3/c1-2-8-5-11(6-8)10(12)14-9-3-4-13-7-9/h1,8-9H,3-7H2. The average molecular weight is 195 g/mol. The van der Waals surface area contributed by atoms with Crippen LogP contribution in [0.1, 0.15) is 6.42 Å². The number of hydrogen-bond acceptors (Lipinski definition) is 3. The van der Waals surface area contributed by atoms with Gasteiger partial charge in [0.2, 0.25) is 0 Å². The van der Waals surface area contributed by atoms with Crippen molar-refractivity contribution in [2.24, 2.45) is 5.92 Å². The van der Waals surface area contributed by atoms with Crippen molar-refractivity contribution in [2.75, 3.05) is 26.3 Å². The number of carbonyl (C=O) groups is 1. The lowest BCUT2D eigenvalue weighted by molar-refractivity contribution is 0.0320. The van der Waals surface area contributed by atoms with Crippen LogP contribution in [-0.4, -0.2) is 43.4 Å². The highest BCUT2D eigenvalue weighted by Crippen LogP contribution is 2.17. The Morgan fingerprint density at radius 3 is 2.93 bits per heavy atom. The highest BCUT2D eigenvalue weighted by molar-refractivity contribution is 5.69. The first kappa shape index (κ1) is 9.35. The van der Waals surface area contributed by atoms with Crippen molar-refractivity contribution in [3.8, 4) is 12.3 Å². The van der Waals surface area contributed by atoms with Crippen molar-refractivity contribution in [1.82, 2.24) is 4.90 Å². The molecule has 2 fully saturated rings. The second-order valence-corrected chi connectivity index (χ2v) is 3.64. The maximum absolute atomic E-state index is 11.4. The van der Waals surface area contributed by atoms with Gasteiger partial charge in [-0.05, 0) is 0 Å². The van der Waals surface area contributed by atoms with Crippen molar-refractivity contribution < 1.29 is 14.3 Å². The average Bonchev–Trinajstić information content (AvgIpc) is 2.54. The van der Waals surface area contributed by atoms with E-state index >= 15 is 0 Å². The molecule has 0 aromatic rings. The predicted molar refractivity (Wildman–Crippen MR) is 49.6 cm³/mol. The molecule has 2 aliphatic rings. The largest absolute Gasteiger partial charge is 0.444 e. The van der Waals surface area contributed by atoms with Gasteiger partial charge in [0.05, 0.1) is 19.1 Å². The zero-order chi connectivity index (χ0) is 9.97. The van der Waals surface area contributed by atoms with Gasteiger partial charge in [0.25, 0.3) is 0 Å². The SMILES string of the molecule is C#CC1CN(C(=O)OC2CCOC2)C1. The lowest BCUT2D eigenvalue weighted by Crippen LogP contribution is -2.50. The minimum Gasteiger partial charge on any atom is -0.444 e. The molecule has 2 saturated heterocycles. The van der Waals surface area contributed by atoms with Crippen LogP contribution in [0.3, 0.4) is 0 Å². The minimum absolute atomic E-state index is 0.0626. The molecular formula is C10H13NO3. The number of terminal acetylenes is 1. The molecule has 1 atom stereocenters. The molecule has 0 bridgehead atoms. The molecule has 0 saturated carbocycles. The zero-order valence-corrected chi connectivity index (χ0v) is 7.94. The Kier molecular flexibility index (Phi) is 2.60. The number of amides is 1. The number of carbonyl (C=O) groups excluding carboxylic acids is 1. The van der Waals surface area contributed by atoms with E-state index < -0.39 is 0 Å². The fourth-order valence-corrected chi connectivity index (χ4v) is 1.56. The van der Waals surface area contributed by atoms with E-state index in [1.807, 2.05) is 0 Å². The molecule has 1 amide bonds. The number of hydrogen-bond donors (Lipinski definition) is 0. The highest BCUT2D eigenvalue weighted by atomic mass is 16.6. The fourth-order valence-electron chi connectivity index (χ4n) is 1.56. The van der Waals surface area contributed by atoms with Gasteiger partial charge < -0.3 is 14.4 Å². The molecule has 2 heterocycles. The summed E-state index contributed by atoms with van der Waals surface area (Å²) >= 11 is 0. The highest BCUT2D eigenvalue weighted by Gasteiger charge is 2.32. The summed E-state index contributed by atoms with van der Waals surface area (Å²) < 4.78 is 10.3. The summed E-state index contributed by atoms with van der Waals surface area (Å²) in [5.41, 5.74) is 0. The van der Waals surface area contributed by atoms with E-state index in [0.29, 0.717) is 26.3 Å². The molecule has 4 heteroatoms. The molecule has 2 aliphatic heterocycles. The summed E-state index contributed by atoms with van der Waals surface area (Å²) in [7, 11) is 0. The number of likely N-dealkylation sites (tertiary alicyclic amines) is 1. The van der Waals surface area contributed by atoms with Gasteiger partial charge in [-0.25, -0.2) is 4.79 Å². The Hall–Kier alpha value is -1.21. The molecule has 0 radical (unpaired) electrons. The quantitative estimate of drug-likeness (QED) is 0.571. The molecule has 0 N–H and O–H groups in total. The van der Waals surface area contributed by atoms with Crippen LogP contribution in [0.25, 0.3) is 0 Å². The maximum Gasteiger partial charge on any atom is 0.410 e. The summed E-state index contributed by atoms with van der Waals surface area (Å²) in [5, 5.41) is 0. The van der Waals surface area contributed by atoms with Crippen LogP contribution < -0.4 is 0 Å². The fraction of sp³-hybridized carbons (Fsp3) is 0.700. The molecule has 0 aromatic heterocycles. The summed E-state index contributed by atoms with van der Waals surface area (Å²) in [5.74, 6) is 2.82. The number of rotatable bonds is 1. The Morgan fingerprint density at radius 1 is 1.57 bits per heavy atom. The van der Waals surface area contributed by atoms with E-state index in [4.69, 9.17) is 15.9 Å². The van der Waals surface area contributed by atoms with Gasteiger partial charge in [-0.1, -0.05) is 5.92 Å². The Labute approximate surface area is 83.2 Å². The van der Waals surface area contributed by atoms with Crippen LogP contribution in [0.15, 0.2) is 0 Å². The second kappa shape index (κ2) is 3.89. The molecule has 14 heavy (non-hydrogen) atoms. The van der Waals surface area contributed by atoms with Crippen molar-refractivity contribution in [1.29, 1.82) is 0 Å². The van der Waals surface area contributed by atoms with Crippen LogP contribution in [-0.2, 0) is 9.47 Å². The van der Waals surface area contributed by atoms with Crippen LogP contribution in [0.2, 0.25) is 0 Å². The van der Waals surface area contributed by atoms with Gasteiger partial charge in [-0.3, -0.25) is 0 Å². The molecule has 76 valence electrons. The Bertz CT molecular complexity index is 259. The van der Waals surface area contributed by atoms with Crippen LogP contribution >= 0.6 is 0 Å². The molecule has 0 aliphatic carbocycles. The van der Waals surface area contributed by atoms with Crippen molar-refractivity contribution in [2.45, 2.75) is 12.5 Å². The van der Waals surface area contributed by atoms with Crippen LogP contribution in [0, 0.1) is 18.3 Å². The van der Waals surface area contributed by atoms with Crippen molar-refractivity contribution in [3.63, 3.8) is 0 Å². The van der Waals surface area contributed by atoms with Crippen LogP contribution in [0.4, 0.5) is 4.79 Å². The van der Waals surface area contributed by atoms with Gasteiger partial charge >= 0.3 is 6.09 Å². The summed E-state index contributed by atoms with van der Waals surface area (Å²) in [6.45, 7) is 2.47. The summed E-state index contributed by atoms with van der Waals surface area (Å²) in [6.07, 6.45) is 5.69. The Balaban J connectivity index is 1.72. The molecule has 1 unspecified atom stereocenters. The topological polar surface area (TPSA) is 38.8 Å². The smallest absolute Gasteiger partial charge is 0.410 e. The summed E-state index contributed by atoms with van der Waals surface area (Å²) in [4.78, 5) is 13.1. The van der Waals surface area contributed by atoms with Gasteiger partial charge in [0.15, 0.2) is 0 Å². The maximum atomic E-state index is 11.4. The zero-order valence-electron chi connectivity index (χ0n) is 7.94. The monoisotopic (exact) mass is 195 g/mol. The lowest BCUT2D eigenvalue weighted by Gasteiger charge is -2.35. The van der Waals surface area contributed by atoms with E-state index in [9.17, 15) is 4.79 Å². The predicted octanol–water partition coefficient (Wildman–Crippen LogP) is 0.477. The number of ether oxygens (including phenoxy) is 2. The van der Waals surface area contributed by atoms with E-state index in [1.54, 1.807) is 4.90 Å². The van der Waals surface area contributed by atoms with E-state index in [-0.39, 0.29) is 18.1 Å². The molecule has 2 rings (SSSR count). The van der Waals surface area contributed by atoms with Crippen molar-refractivity contribution >= 4 is 6.09 Å². The third kappa shape index (κ3) is 1.83. The summed E-state index contributed by atoms with van der Waals surface area (Å²) in [6, 6.07) is 0.